The van der Waals surface area contributed by atoms with Gasteiger partial charge in [0.25, 0.3) is 0 Å². The van der Waals surface area contributed by atoms with E-state index in [0.717, 1.165) is 17.2 Å². The minimum absolute atomic E-state index is 0.0757. The number of hydrogen-bond donors (Lipinski definition) is 1. The summed E-state index contributed by atoms with van der Waals surface area (Å²) in [7, 11) is 0. The third-order valence-corrected chi connectivity index (χ3v) is 2.39. The van der Waals surface area contributed by atoms with Crippen molar-refractivity contribution in [3.63, 3.8) is 0 Å². The third-order valence-electron chi connectivity index (χ3n) is 2.39. The topological polar surface area (TPSA) is 55.5 Å². The van der Waals surface area contributed by atoms with E-state index in [4.69, 9.17) is 14.3 Å². The molecule has 0 saturated heterocycles. The van der Waals surface area contributed by atoms with Gasteiger partial charge in [0.05, 0.1) is 5.69 Å². The first kappa shape index (κ1) is 11.7. The normalized spacial score (nSPS) is 10.5. The van der Waals surface area contributed by atoms with Gasteiger partial charge < -0.3 is 14.3 Å². The van der Waals surface area contributed by atoms with Crippen molar-refractivity contribution in [3.05, 3.63) is 47.7 Å². The maximum Gasteiger partial charge on any atom is 0.232 e. The summed E-state index contributed by atoms with van der Waals surface area (Å²) < 4.78 is 11.0. The van der Waals surface area contributed by atoms with Gasteiger partial charge in [-0.2, -0.15) is 0 Å². The molecular formula is C13H15NO3. The Bertz CT molecular complexity index is 465. The number of ether oxygens (including phenoxy) is 1. The summed E-state index contributed by atoms with van der Waals surface area (Å²) >= 11 is 0. The molecule has 0 aliphatic carbocycles. The molecule has 90 valence electrons. The zero-order valence-electron chi connectivity index (χ0n) is 9.72. The first-order valence-electron chi connectivity index (χ1n) is 5.53. The molecule has 1 N–H and O–H groups in total. The Morgan fingerprint density at radius 3 is 2.76 bits per heavy atom. The predicted octanol–water partition coefficient (Wildman–Crippen LogP) is 2.10. The van der Waals surface area contributed by atoms with E-state index in [1.54, 1.807) is 0 Å². The number of aliphatic hydroxyl groups is 1. The van der Waals surface area contributed by atoms with Gasteiger partial charge in [0.1, 0.15) is 11.5 Å². The van der Waals surface area contributed by atoms with E-state index < -0.39 is 0 Å². The lowest BCUT2D eigenvalue weighted by atomic mass is 10.3. The van der Waals surface area contributed by atoms with Crippen LogP contribution in [0.4, 0.5) is 0 Å². The monoisotopic (exact) mass is 233 g/mol. The molecule has 0 bridgehead atoms. The summed E-state index contributed by atoms with van der Waals surface area (Å²) in [5.74, 6) is 2.06. The van der Waals surface area contributed by atoms with Crippen LogP contribution >= 0.6 is 0 Å². The highest BCUT2D eigenvalue weighted by atomic mass is 16.5. The van der Waals surface area contributed by atoms with Crippen molar-refractivity contribution in [3.8, 4) is 5.75 Å². The Labute approximate surface area is 99.9 Å². The van der Waals surface area contributed by atoms with Gasteiger partial charge in [0.15, 0.2) is 6.61 Å². The fourth-order valence-corrected chi connectivity index (χ4v) is 1.55. The van der Waals surface area contributed by atoms with Crippen LogP contribution in [-0.2, 0) is 13.0 Å². The zero-order chi connectivity index (χ0) is 12.1. The van der Waals surface area contributed by atoms with E-state index in [2.05, 4.69) is 4.98 Å². The average Bonchev–Trinajstić information content (AvgIpc) is 2.70. The molecule has 0 saturated carbocycles. The summed E-state index contributed by atoms with van der Waals surface area (Å²) in [6, 6.07) is 9.51. The maximum absolute atomic E-state index is 8.85. The van der Waals surface area contributed by atoms with Crippen LogP contribution in [0.25, 0.3) is 0 Å². The molecule has 1 aromatic carbocycles. The van der Waals surface area contributed by atoms with Crippen LogP contribution in [0.1, 0.15) is 17.3 Å². The van der Waals surface area contributed by atoms with Crippen LogP contribution < -0.4 is 4.74 Å². The van der Waals surface area contributed by atoms with E-state index >= 15 is 0 Å². The number of rotatable bonds is 5. The number of hydrogen-bond acceptors (Lipinski definition) is 4. The van der Waals surface area contributed by atoms with Crippen LogP contribution in [0.5, 0.6) is 5.75 Å². The van der Waals surface area contributed by atoms with Crippen molar-refractivity contribution in [2.45, 2.75) is 20.0 Å². The van der Waals surface area contributed by atoms with Gasteiger partial charge in [0, 0.05) is 13.0 Å². The lowest BCUT2D eigenvalue weighted by Gasteiger charge is -2.01. The van der Waals surface area contributed by atoms with E-state index in [1.807, 2.05) is 37.3 Å². The number of aliphatic hydroxyl groups excluding tert-OH is 1. The fraction of sp³-hybridized carbons (Fsp3) is 0.308. The summed E-state index contributed by atoms with van der Waals surface area (Å²) in [5, 5.41) is 8.85. The van der Waals surface area contributed by atoms with Gasteiger partial charge in [-0.1, -0.05) is 18.2 Å². The van der Waals surface area contributed by atoms with Crippen molar-refractivity contribution in [1.29, 1.82) is 0 Å². The van der Waals surface area contributed by atoms with Crippen molar-refractivity contribution in [1.82, 2.24) is 4.98 Å². The first-order chi connectivity index (χ1) is 8.29. The molecule has 17 heavy (non-hydrogen) atoms. The molecule has 0 radical (unpaired) electrons. The van der Waals surface area contributed by atoms with E-state index in [0.29, 0.717) is 18.9 Å². The van der Waals surface area contributed by atoms with Crippen molar-refractivity contribution < 1.29 is 14.3 Å². The average molecular weight is 233 g/mol. The molecule has 0 unspecified atom stereocenters. The molecule has 1 heterocycles. The van der Waals surface area contributed by atoms with Gasteiger partial charge >= 0.3 is 0 Å². The predicted molar refractivity (Wildman–Crippen MR) is 62.8 cm³/mol. The molecule has 1 aromatic heterocycles. The van der Waals surface area contributed by atoms with Crippen LogP contribution in [-0.4, -0.2) is 16.7 Å². The third kappa shape index (κ3) is 3.07. The molecule has 0 fully saturated rings. The highest BCUT2D eigenvalue weighted by Crippen LogP contribution is 2.14. The van der Waals surface area contributed by atoms with Crippen LogP contribution in [0.15, 0.2) is 34.7 Å². The number of benzene rings is 1. The molecule has 0 atom stereocenters. The molecule has 0 spiro atoms. The summed E-state index contributed by atoms with van der Waals surface area (Å²) in [6.45, 7) is 2.21. The van der Waals surface area contributed by atoms with Crippen LogP contribution in [0, 0.1) is 6.92 Å². The second-order valence-electron chi connectivity index (χ2n) is 3.69. The van der Waals surface area contributed by atoms with Gasteiger partial charge in [-0.3, -0.25) is 0 Å². The smallest absolute Gasteiger partial charge is 0.232 e. The Morgan fingerprint density at radius 2 is 2.06 bits per heavy atom. The fourth-order valence-electron chi connectivity index (χ4n) is 1.55. The number of nitrogens with zero attached hydrogens (tertiary/aromatic N) is 1. The minimum Gasteiger partial charge on any atom is -0.484 e. The minimum atomic E-state index is 0.0757. The largest absolute Gasteiger partial charge is 0.484 e. The molecule has 2 rings (SSSR count). The van der Waals surface area contributed by atoms with Gasteiger partial charge in [-0.15, -0.1) is 0 Å². The molecule has 4 heteroatoms. The number of para-hydroxylation sites is 1. The van der Waals surface area contributed by atoms with E-state index in [1.165, 1.54) is 0 Å². The summed E-state index contributed by atoms with van der Waals surface area (Å²) in [6.07, 6.45) is 0.515. The quantitative estimate of drug-likeness (QED) is 0.859. The van der Waals surface area contributed by atoms with Crippen molar-refractivity contribution >= 4 is 0 Å². The molecule has 2 aromatic rings. The number of oxazole rings is 1. The van der Waals surface area contributed by atoms with E-state index in [9.17, 15) is 0 Å². The lowest BCUT2D eigenvalue weighted by Crippen LogP contribution is -1.97. The number of aromatic nitrogens is 1. The summed E-state index contributed by atoms with van der Waals surface area (Å²) in [4.78, 5) is 4.26. The Hall–Kier alpha value is -1.81. The Balaban J connectivity index is 1.97. The van der Waals surface area contributed by atoms with Gasteiger partial charge in [-0.25, -0.2) is 4.98 Å². The SMILES string of the molecule is Cc1oc(COc2ccccc2)nc1CCO. The van der Waals surface area contributed by atoms with Crippen LogP contribution in [0.3, 0.4) is 0 Å². The molecular weight excluding hydrogens is 218 g/mol. The standard InChI is InChI=1S/C13H15NO3/c1-10-12(7-8-15)14-13(17-10)9-16-11-5-3-2-4-6-11/h2-6,15H,7-9H2,1H3. The molecule has 0 amide bonds. The van der Waals surface area contributed by atoms with E-state index in [-0.39, 0.29) is 6.61 Å². The van der Waals surface area contributed by atoms with Crippen LogP contribution in [0.2, 0.25) is 0 Å². The lowest BCUT2D eigenvalue weighted by molar-refractivity contribution is 0.260. The highest BCUT2D eigenvalue weighted by molar-refractivity contribution is 5.21. The highest BCUT2D eigenvalue weighted by Gasteiger charge is 2.09. The number of aryl methyl sites for hydroxylation is 1. The second-order valence-corrected chi connectivity index (χ2v) is 3.69. The summed E-state index contributed by atoms with van der Waals surface area (Å²) in [5.41, 5.74) is 0.791. The van der Waals surface area contributed by atoms with Gasteiger partial charge in [0.2, 0.25) is 5.89 Å². The first-order valence-corrected chi connectivity index (χ1v) is 5.53. The zero-order valence-corrected chi connectivity index (χ0v) is 9.72. The molecule has 4 nitrogen and oxygen atoms in total. The molecule has 0 aliphatic rings. The van der Waals surface area contributed by atoms with Crippen molar-refractivity contribution in [2.75, 3.05) is 6.61 Å². The Morgan fingerprint density at radius 1 is 1.29 bits per heavy atom. The van der Waals surface area contributed by atoms with Gasteiger partial charge in [-0.05, 0) is 19.1 Å². The maximum atomic E-state index is 8.85. The Kier molecular flexibility index (Phi) is 3.77. The van der Waals surface area contributed by atoms with Crippen molar-refractivity contribution in [2.24, 2.45) is 0 Å². The molecule has 0 aliphatic heterocycles. The second kappa shape index (κ2) is 5.50.